The number of nitrogens with one attached hydrogen (secondary N) is 1. The van der Waals surface area contributed by atoms with Gasteiger partial charge in [0.25, 0.3) is 6.01 Å². The topological polar surface area (TPSA) is 122 Å². The fraction of sp³-hybridized carbons (Fsp3) is 0.350. The Bertz CT molecular complexity index is 1200. The Kier molecular flexibility index (Phi) is 5.42. The molecule has 0 bridgehead atoms. The zero-order valence-electron chi connectivity index (χ0n) is 16.1. The zero-order valence-corrected chi connectivity index (χ0v) is 17.7. The van der Waals surface area contributed by atoms with Crippen molar-refractivity contribution in [2.45, 2.75) is 36.7 Å². The van der Waals surface area contributed by atoms with Crippen LogP contribution in [0.1, 0.15) is 25.7 Å². The first-order chi connectivity index (χ1) is 14.2. The lowest BCUT2D eigenvalue weighted by molar-refractivity contribution is -0.143. The highest BCUT2D eigenvalue weighted by molar-refractivity contribution is 7.90. The number of aliphatic carboxylic acids is 1. The van der Waals surface area contributed by atoms with Crippen LogP contribution in [0.3, 0.4) is 0 Å². The Morgan fingerprint density at radius 2 is 1.83 bits per heavy atom. The SMILES string of the molecule is CS(=O)(=O)c1ccc(-c2nc3nc(O[C@H]4CC[C@H](C(=O)O)CC4)[nH]c3cc2Cl)cc1. The van der Waals surface area contributed by atoms with Crippen LogP contribution in [0.25, 0.3) is 22.4 Å². The summed E-state index contributed by atoms with van der Waals surface area (Å²) in [6.45, 7) is 0. The quantitative estimate of drug-likeness (QED) is 0.608. The van der Waals surface area contributed by atoms with Gasteiger partial charge < -0.3 is 14.8 Å². The van der Waals surface area contributed by atoms with E-state index in [1.165, 1.54) is 12.1 Å². The number of nitrogens with zero attached hydrogens (tertiary/aromatic N) is 2. The fourth-order valence-electron chi connectivity index (χ4n) is 3.60. The summed E-state index contributed by atoms with van der Waals surface area (Å²) in [5, 5.41) is 9.50. The first-order valence-corrected chi connectivity index (χ1v) is 11.7. The fourth-order valence-corrected chi connectivity index (χ4v) is 4.49. The van der Waals surface area contributed by atoms with Crippen LogP contribution >= 0.6 is 11.6 Å². The minimum absolute atomic E-state index is 0.0976. The number of sulfone groups is 1. The zero-order chi connectivity index (χ0) is 21.5. The molecule has 1 saturated carbocycles. The van der Waals surface area contributed by atoms with Gasteiger partial charge in [0, 0.05) is 11.8 Å². The van der Waals surface area contributed by atoms with E-state index in [1.807, 2.05) is 0 Å². The minimum Gasteiger partial charge on any atom is -0.481 e. The third-order valence-electron chi connectivity index (χ3n) is 5.26. The van der Waals surface area contributed by atoms with Crippen LogP contribution in [0.5, 0.6) is 6.01 Å². The Balaban J connectivity index is 1.55. The number of benzene rings is 1. The molecule has 1 aromatic carbocycles. The summed E-state index contributed by atoms with van der Waals surface area (Å²) in [6, 6.07) is 8.35. The van der Waals surface area contributed by atoms with Crippen molar-refractivity contribution in [2.24, 2.45) is 5.92 Å². The molecule has 158 valence electrons. The highest BCUT2D eigenvalue weighted by Gasteiger charge is 2.27. The van der Waals surface area contributed by atoms with Crippen molar-refractivity contribution in [1.82, 2.24) is 15.0 Å². The molecular weight excluding hydrogens is 430 g/mol. The van der Waals surface area contributed by atoms with Crippen molar-refractivity contribution < 1.29 is 23.1 Å². The summed E-state index contributed by atoms with van der Waals surface area (Å²) >= 11 is 6.39. The number of hydrogen-bond acceptors (Lipinski definition) is 6. The molecule has 1 aliphatic rings. The maximum Gasteiger partial charge on any atom is 0.306 e. The molecule has 0 radical (unpaired) electrons. The highest BCUT2D eigenvalue weighted by Crippen LogP contribution is 2.31. The van der Waals surface area contributed by atoms with E-state index in [-0.39, 0.29) is 16.9 Å². The van der Waals surface area contributed by atoms with Crippen LogP contribution in [-0.2, 0) is 14.6 Å². The van der Waals surface area contributed by atoms with Crippen LogP contribution in [-0.4, -0.2) is 46.8 Å². The second-order valence-corrected chi connectivity index (χ2v) is 9.88. The van der Waals surface area contributed by atoms with Gasteiger partial charge >= 0.3 is 5.97 Å². The Morgan fingerprint density at radius 1 is 1.17 bits per heavy atom. The number of pyridine rings is 1. The van der Waals surface area contributed by atoms with E-state index in [1.54, 1.807) is 18.2 Å². The van der Waals surface area contributed by atoms with Crippen LogP contribution in [0.15, 0.2) is 35.2 Å². The molecule has 10 heteroatoms. The summed E-state index contributed by atoms with van der Waals surface area (Å²) in [5.41, 5.74) is 2.21. The molecule has 0 spiro atoms. The summed E-state index contributed by atoms with van der Waals surface area (Å²) in [4.78, 5) is 23.2. The summed E-state index contributed by atoms with van der Waals surface area (Å²) in [7, 11) is -3.29. The number of hydrogen-bond donors (Lipinski definition) is 2. The van der Waals surface area contributed by atoms with Gasteiger partial charge in [0.2, 0.25) is 0 Å². The monoisotopic (exact) mass is 449 g/mol. The van der Waals surface area contributed by atoms with E-state index in [0.29, 0.717) is 59.1 Å². The summed E-state index contributed by atoms with van der Waals surface area (Å²) in [6.07, 6.45) is 3.52. The van der Waals surface area contributed by atoms with Crippen LogP contribution in [0, 0.1) is 5.92 Å². The lowest BCUT2D eigenvalue weighted by Gasteiger charge is -2.25. The summed E-state index contributed by atoms with van der Waals surface area (Å²) < 4.78 is 29.2. The van der Waals surface area contributed by atoms with Gasteiger partial charge in [-0.1, -0.05) is 23.7 Å². The molecule has 2 heterocycles. The second-order valence-electron chi connectivity index (χ2n) is 7.46. The van der Waals surface area contributed by atoms with Crippen LogP contribution in [0.4, 0.5) is 0 Å². The molecule has 2 N–H and O–H groups in total. The standard InChI is InChI=1S/C20H20ClN3O5S/c1-30(27,28)14-8-4-11(5-9-14)17-15(21)10-16-18(23-17)24-20(22-16)29-13-6-2-12(3-7-13)19(25)26/h4-5,8-10,12-13H,2-3,6-7H2,1H3,(H,25,26)(H,22,23,24)/t12-,13-. The van der Waals surface area contributed by atoms with Gasteiger partial charge in [-0.2, -0.15) is 4.98 Å². The number of H-pyrrole nitrogens is 1. The third-order valence-corrected chi connectivity index (χ3v) is 6.68. The molecule has 1 fully saturated rings. The lowest BCUT2D eigenvalue weighted by atomic mass is 9.87. The highest BCUT2D eigenvalue weighted by atomic mass is 35.5. The van der Waals surface area contributed by atoms with E-state index in [4.69, 9.17) is 21.4 Å². The number of carboxylic acid groups (broad SMARTS) is 1. The minimum atomic E-state index is -3.29. The number of rotatable bonds is 5. The molecular formula is C20H20ClN3O5S. The average molecular weight is 450 g/mol. The molecule has 0 unspecified atom stereocenters. The molecule has 8 nitrogen and oxygen atoms in total. The van der Waals surface area contributed by atoms with E-state index in [2.05, 4.69) is 15.0 Å². The number of ether oxygens (including phenoxy) is 1. The van der Waals surface area contributed by atoms with Crippen molar-refractivity contribution in [1.29, 1.82) is 0 Å². The molecule has 0 saturated heterocycles. The normalized spacial score (nSPS) is 19.7. The Morgan fingerprint density at radius 3 is 2.43 bits per heavy atom. The van der Waals surface area contributed by atoms with Crippen LogP contribution in [0.2, 0.25) is 5.02 Å². The Labute approximate surface area is 178 Å². The number of halogens is 1. The van der Waals surface area contributed by atoms with Crippen molar-refractivity contribution in [2.75, 3.05) is 6.26 Å². The van der Waals surface area contributed by atoms with Crippen molar-refractivity contribution >= 4 is 38.6 Å². The first-order valence-electron chi connectivity index (χ1n) is 9.47. The van der Waals surface area contributed by atoms with Crippen molar-refractivity contribution in [3.63, 3.8) is 0 Å². The molecule has 30 heavy (non-hydrogen) atoms. The predicted octanol–water partition coefficient (Wildman–Crippen LogP) is 3.70. The smallest absolute Gasteiger partial charge is 0.306 e. The molecule has 2 aromatic heterocycles. The van der Waals surface area contributed by atoms with E-state index in [0.717, 1.165) is 6.26 Å². The van der Waals surface area contributed by atoms with Crippen molar-refractivity contribution in [3.8, 4) is 17.3 Å². The second kappa shape index (κ2) is 7.88. The number of carbonyl (C=O) groups is 1. The maximum atomic E-state index is 11.6. The third kappa shape index (κ3) is 4.27. The van der Waals surface area contributed by atoms with Crippen LogP contribution < -0.4 is 4.74 Å². The predicted molar refractivity (Wildman–Crippen MR) is 111 cm³/mol. The average Bonchev–Trinajstić information content (AvgIpc) is 3.08. The molecule has 0 atom stereocenters. The molecule has 3 aromatic rings. The molecule has 4 rings (SSSR count). The van der Waals surface area contributed by atoms with Gasteiger partial charge in [-0.15, -0.1) is 0 Å². The lowest BCUT2D eigenvalue weighted by Crippen LogP contribution is -2.28. The Hall–Kier alpha value is -2.65. The van der Waals surface area contributed by atoms with Gasteiger partial charge in [0.1, 0.15) is 6.10 Å². The number of fused-ring (bicyclic) bond motifs is 1. The van der Waals surface area contributed by atoms with Gasteiger partial charge in [0.05, 0.1) is 27.0 Å². The maximum absolute atomic E-state index is 11.6. The van der Waals surface area contributed by atoms with Gasteiger partial charge in [0.15, 0.2) is 15.5 Å². The van der Waals surface area contributed by atoms with Gasteiger partial charge in [-0.25, -0.2) is 13.4 Å². The summed E-state index contributed by atoms with van der Waals surface area (Å²) in [5.74, 6) is -1.06. The number of aromatic nitrogens is 3. The molecule has 0 amide bonds. The molecule has 1 aliphatic carbocycles. The molecule has 0 aliphatic heterocycles. The number of carboxylic acids is 1. The van der Waals surface area contributed by atoms with E-state index in [9.17, 15) is 13.2 Å². The largest absolute Gasteiger partial charge is 0.481 e. The van der Waals surface area contributed by atoms with Gasteiger partial charge in [-0.3, -0.25) is 4.79 Å². The van der Waals surface area contributed by atoms with Gasteiger partial charge in [-0.05, 0) is 43.9 Å². The van der Waals surface area contributed by atoms with E-state index >= 15 is 0 Å². The number of aromatic amines is 1. The first kappa shape index (κ1) is 20.6. The van der Waals surface area contributed by atoms with E-state index < -0.39 is 15.8 Å². The van der Waals surface area contributed by atoms with Crippen molar-refractivity contribution in [3.05, 3.63) is 35.4 Å². The number of imidazole rings is 1.